The highest BCUT2D eigenvalue weighted by atomic mass is 16.7. The predicted octanol–water partition coefficient (Wildman–Crippen LogP) is 8.04. The van der Waals surface area contributed by atoms with Crippen LogP contribution in [0.25, 0.3) is 0 Å². The van der Waals surface area contributed by atoms with E-state index in [0.29, 0.717) is 19.6 Å². The van der Waals surface area contributed by atoms with Crippen LogP contribution in [0, 0.1) is 17.8 Å². The molecule has 0 N–H and O–H groups in total. The van der Waals surface area contributed by atoms with Crippen molar-refractivity contribution in [2.45, 2.75) is 185 Å². The van der Waals surface area contributed by atoms with Crippen LogP contribution in [0.2, 0.25) is 0 Å². The molecule has 3 saturated heterocycles. The second-order valence-corrected chi connectivity index (χ2v) is 14.5. The normalized spacial score (nSPS) is 27.5. The Bertz CT molecular complexity index is 995. The van der Waals surface area contributed by atoms with Crippen molar-refractivity contribution in [3.8, 4) is 11.8 Å². The zero-order chi connectivity index (χ0) is 36.5. The number of hydrogen-bond acceptors (Lipinski definition) is 10. The molecular weight excluding hydrogens is 652 g/mol. The third-order valence-electron chi connectivity index (χ3n) is 10.3. The molecule has 0 amide bonds. The van der Waals surface area contributed by atoms with Gasteiger partial charge in [0.05, 0.1) is 42.5 Å². The molecule has 0 aromatic rings. The van der Waals surface area contributed by atoms with E-state index < -0.39 is 12.0 Å². The Morgan fingerprint density at radius 1 is 0.784 bits per heavy atom. The van der Waals surface area contributed by atoms with Gasteiger partial charge in [0, 0.05) is 27.8 Å². The maximum Gasteiger partial charge on any atom is 0.312 e. The molecule has 3 rings (SSSR count). The molecule has 3 aliphatic rings. The van der Waals surface area contributed by atoms with Gasteiger partial charge in [0.25, 0.3) is 0 Å². The molecule has 2 unspecified atom stereocenters. The fourth-order valence-corrected chi connectivity index (χ4v) is 7.53. The first kappa shape index (κ1) is 43.9. The number of rotatable bonds is 28. The molecular formula is C41H70O10. The van der Waals surface area contributed by atoms with Crippen LogP contribution in [-0.4, -0.2) is 96.5 Å². The number of carbonyl (C=O) groups excluding carboxylic acids is 1. The van der Waals surface area contributed by atoms with E-state index in [2.05, 4.69) is 18.8 Å². The summed E-state index contributed by atoms with van der Waals surface area (Å²) in [6.45, 7) is 4.62. The zero-order valence-electron chi connectivity index (χ0n) is 32.5. The standard InChI is InChI=1S/C41H70O10/c1-6-7-8-9-10-11-12-13-14-15-16-20-23-36(47-30-44-4)37-26-27-39(51-37)38-25-24-33(50-38)21-18-17-19-22-34(46-29-43-3)28-35-40(48-31-45-5)32(2)49-41(35)42/h18,21,32-40H,6-16,20,22-31H2,1-5H3/b21-18-/t32-,33+,34+,35?,36-,37-,38-,39-,40?/m0/s1. The van der Waals surface area contributed by atoms with Gasteiger partial charge >= 0.3 is 5.97 Å². The Morgan fingerprint density at radius 3 is 2.10 bits per heavy atom. The Labute approximate surface area is 309 Å². The van der Waals surface area contributed by atoms with Gasteiger partial charge in [0.2, 0.25) is 0 Å². The average molecular weight is 723 g/mol. The van der Waals surface area contributed by atoms with Gasteiger partial charge in [-0.3, -0.25) is 4.79 Å². The summed E-state index contributed by atoms with van der Waals surface area (Å²) in [7, 11) is 4.80. The summed E-state index contributed by atoms with van der Waals surface area (Å²) in [5.74, 6) is 5.57. The summed E-state index contributed by atoms with van der Waals surface area (Å²) in [5.41, 5.74) is 0. The molecule has 0 aliphatic carbocycles. The van der Waals surface area contributed by atoms with Crippen molar-refractivity contribution in [1.29, 1.82) is 0 Å². The SMILES string of the molecule is CCCCCCCCCCCCCC[C@H](OCOC)[C@@H]1CC[C@@H]([C@@H]2CC[C@@H](/C=C\C#CC[C@H](CC3C(=O)O[C@@H](C)C3OCOC)OCOC)O2)O1. The second kappa shape index (κ2) is 27.1. The average Bonchev–Trinajstić information content (AvgIpc) is 3.87. The Hall–Kier alpha value is -1.55. The van der Waals surface area contributed by atoms with E-state index in [1.165, 1.54) is 77.0 Å². The van der Waals surface area contributed by atoms with Gasteiger partial charge in [-0.25, -0.2) is 0 Å². The van der Waals surface area contributed by atoms with Crippen LogP contribution in [0.3, 0.4) is 0 Å². The lowest BCUT2D eigenvalue weighted by molar-refractivity contribution is -0.145. The number of esters is 1. The maximum atomic E-state index is 12.5. The van der Waals surface area contributed by atoms with Crippen LogP contribution in [0.5, 0.6) is 0 Å². The lowest BCUT2D eigenvalue weighted by atomic mass is 9.94. The Balaban J connectivity index is 1.36. The van der Waals surface area contributed by atoms with Gasteiger partial charge in [-0.05, 0) is 57.6 Å². The monoisotopic (exact) mass is 722 g/mol. The van der Waals surface area contributed by atoms with Crippen LogP contribution in [-0.2, 0) is 47.4 Å². The van der Waals surface area contributed by atoms with E-state index in [0.717, 1.165) is 32.1 Å². The lowest BCUT2D eigenvalue weighted by Gasteiger charge is -2.25. The molecule has 0 aromatic heterocycles. The highest BCUT2D eigenvalue weighted by molar-refractivity contribution is 5.75. The van der Waals surface area contributed by atoms with Gasteiger partial charge in [-0.2, -0.15) is 0 Å². The molecule has 10 heteroatoms. The van der Waals surface area contributed by atoms with Crippen molar-refractivity contribution in [2.24, 2.45) is 5.92 Å². The second-order valence-electron chi connectivity index (χ2n) is 14.5. The van der Waals surface area contributed by atoms with E-state index in [-0.39, 0.29) is 62.3 Å². The summed E-state index contributed by atoms with van der Waals surface area (Å²) in [6.07, 6.45) is 25.1. The first-order chi connectivity index (χ1) is 25.0. The van der Waals surface area contributed by atoms with E-state index in [1.54, 1.807) is 21.3 Å². The Kier molecular flexibility index (Phi) is 23.3. The molecule has 3 fully saturated rings. The summed E-state index contributed by atoms with van der Waals surface area (Å²) >= 11 is 0. The third-order valence-corrected chi connectivity index (χ3v) is 10.3. The molecule has 51 heavy (non-hydrogen) atoms. The predicted molar refractivity (Wildman–Crippen MR) is 197 cm³/mol. The van der Waals surface area contributed by atoms with Crippen molar-refractivity contribution in [3.05, 3.63) is 12.2 Å². The van der Waals surface area contributed by atoms with Gasteiger partial charge < -0.3 is 42.6 Å². The maximum absolute atomic E-state index is 12.5. The molecule has 0 bridgehead atoms. The van der Waals surface area contributed by atoms with Crippen molar-refractivity contribution in [1.82, 2.24) is 0 Å². The molecule has 0 aromatic carbocycles. The molecule has 9 atom stereocenters. The third kappa shape index (κ3) is 17.0. The molecule has 3 heterocycles. The van der Waals surface area contributed by atoms with Crippen molar-refractivity contribution < 1.29 is 47.4 Å². The van der Waals surface area contributed by atoms with Crippen molar-refractivity contribution in [2.75, 3.05) is 41.7 Å². The summed E-state index contributed by atoms with van der Waals surface area (Å²) < 4.78 is 51.6. The van der Waals surface area contributed by atoms with Crippen LogP contribution in [0.1, 0.15) is 136 Å². The van der Waals surface area contributed by atoms with Crippen molar-refractivity contribution in [3.63, 3.8) is 0 Å². The summed E-state index contributed by atoms with van der Waals surface area (Å²) in [5, 5.41) is 0. The van der Waals surface area contributed by atoms with Crippen LogP contribution in [0.15, 0.2) is 12.2 Å². The lowest BCUT2D eigenvalue weighted by Crippen LogP contribution is -2.33. The van der Waals surface area contributed by atoms with Gasteiger partial charge in [-0.1, -0.05) is 95.8 Å². The van der Waals surface area contributed by atoms with Gasteiger partial charge in [0.15, 0.2) is 0 Å². The fourth-order valence-electron chi connectivity index (χ4n) is 7.53. The smallest absolute Gasteiger partial charge is 0.312 e. The first-order valence-electron chi connectivity index (χ1n) is 20.0. The van der Waals surface area contributed by atoms with E-state index in [1.807, 2.05) is 19.1 Å². The molecule has 0 radical (unpaired) electrons. The zero-order valence-corrected chi connectivity index (χ0v) is 32.5. The molecule has 3 aliphatic heterocycles. The quantitative estimate of drug-likeness (QED) is 0.0342. The number of methoxy groups -OCH3 is 3. The summed E-state index contributed by atoms with van der Waals surface area (Å²) in [6, 6.07) is 0. The van der Waals surface area contributed by atoms with E-state index >= 15 is 0 Å². The number of carbonyl (C=O) groups is 1. The van der Waals surface area contributed by atoms with Crippen LogP contribution < -0.4 is 0 Å². The number of allylic oxidation sites excluding steroid dienone is 1. The van der Waals surface area contributed by atoms with Crippen LogP contribution >= 0.6 is 0 Å². The largest absolute Gasteiger partial charge is 0.460 e. The number of ether oxygens (including phenoxy) is 9. The minimum atomic E-state index is -0.452. The van der Waals surface area contributed by atoms with E-state index in [9.17, 15) is 4.79 Å². The summed E-state index contributed by atoms with van der Waals surface area (Å²) in [4.78, 5) is 12.5. The van der Waals surface area contributed by atoms with E-state index in [4.69, 9.17) is 42.6 Å². The highest BCUT2D eigenvalue weighted by Crippen LogP contribution is 2.34. The number of unbranched alkanes of at least 4 members (excludes halogenated alkanes) is 11. The molecule has 0 spiro atoms. The Morgan fingerprint density at radius 2 is 1.41 bits per heavy atom. The molecule has 294 valence electrons. The molecule has 10 nitrogen and oxygen atoms in total. The minimum absolute atomic E-state index is 0.0162. The fraction of sp³-hybridized carbons (Fsp3) is 0.878. The highest BCUT2D eigenvalue weighted by Gasteiger charge is 2.44. The topological polar surface area (TPSA) is 100 Å². The van der Waals surface area contributed by atoms with Gasteiger partial charge in [-0.15, -0.1) is 0 Å². The van der Waals surface area contributed by atoms with Gasteiger partial charge in [0.1, 0.15) is 32.6 Å². The first-order valence-corrected chi connectivity index (χ1v) is 20.0. The molecule has 0 saturated carbocycles. The minimum Gasteiger partial charge on any atom is -0.460 e. The number of hydrogen-bond donors (Lipinski definition) is 0. The van der Waals surface area contributed by atoms with Crippen LogP contribution in [0.4, 0.5) is 0 Å². The number of cyclic esters (lactones) is 1. The van der Waals surface area contributed by atoms with Crippen molar-refractivity contribution >= 4 is 5.97 Å².